The highest BCUT2D eigenvalue weighted by molar-refractivity contribution is 7.97. The van der Waals surface area contributed by atoms with Gasteiger partial charge in [0.2, 0.25) is 5.92 Å². The molecule has 1 saturated heterocycles. The van der Waals surface area contributed by atoms with E-state index in [9.17, 15) is 13.6 Å². The maximum absolute atomic E-state index is 13.6. The van der Waals surface area contributed by atoms with E-state index in [0.29, 0.717) is 12.8 Å². The highest BCUT2D eigenvalue weighted by atomic mass is 32.2. The number of hydrogen-bond donors (Lipinski definition) is 1. The highest BCUT2D eigenvalue weighted by Gasteiger charge is 2.36. The minimum Gasteiger partial charge on any atom is -0.481 e. The summed E-state index contributed by atoms with van der Waals surface area (Å²) in [7, 11) is 0. The summed E-state index contributed by atoms with van der Waals surface area (Å²) < 4.78 is 31.6. The van der Waals surface area contributed by atoms with Crippen molar-refractivity contribution in [2.45, 2.75) is 75.7 Å². The fraction of sp³-hybridized carbons (Fsp3) is 0.652. The Morgan fingerprint density at radius 2 is 1.90 bits per heavy atom. The third-order valence-corrected chi connectivity index (χ3v) is 7.31. The van der Waals surface area contributed by atoms with Gasteiger partial charge < -0.3 is 9.67 Å². The number of nitrogens with zero attached hydrogens (tertiary/aromatic N) is 3. The first-order valence-corrected chi connectivity index (χ1v) is 11.8. The Morgan fingerprint density at radius 1 is 1.23 bits per heavy atom. The quantitative estimate of drug-likeness (QED) is 0.582. The average Bonchev–Trinajstić information content (AvgIpc) is 2.99. The lowest BCUT2D eigenvalue weighted by Crippen LogP contribution is -2.42. The Morgan fingerprint density at radius 3 is 2.52 bits per heavy atom. The minimum absolute atomic E-state index is 0.0192. The van der Waals surface area contributed by atoms with Crippen molar-refractivity contribution in [3.63, 3.8) is 0 Å². The summed E-state index contributed by atoms with van der Waals surface area (Å²) >= 11 is 1.64. The lowest BCUT2D eigenvalue weighted by atomic mass is 9.86. The van der Waals surface area contributed by atoms with E-state index in [2.05, 4.69) is 47.8 Å². The summed E-state index contributed by atoms with van der Waals surface area (Å²) in [6.07, 6.45) is 1.29. The van der Waals surface area contributed by atoms with Gasteiger partial charge >= 0.3 is 5.97 Å². The Bertz CT molecular complexity index is 954. The van der Waals surface area contributed by atoms with Crippen molar-refractivity contribution < 1.29 is 18.7 Å². The second-order valence-electron chi connectivity index (χ2n) is 10.1. The zero-order valence-corrected chi connectivity index (χ0v) is 19.2. The van der Waals surface area contributed by atoms with Gasteiger partial charge in [-0.3, -0.25) is 4.79 Å². The first-order chi connectivity index (χ1) is 14.5. The predicted octanol–water partition coefficient (Wildman–Crippen LogP) is 5.57. The number of carboxylic acid groups (broad SMARTS) is 1. The molecule has 2 aliphatic rings. The maximum atomic E-state index is 13.6. The van der Waals surface area contributed by atoms with Crippen molar-refractivity contribution in [2.75, 3.05) is 13.1 Å². The van der Waals surface area contributed by atoms with Gasteiger partial charge in [0.1, 0.15) is 5.82 Å². The fourth-order valence-electron chi connectivity index (χ4n) is 4.59. The fourth-order valence-corrected chi connectivity index (χ4v) is 5.75. The number of aliphatic carboxylic acids is 1. The van der Waals surface area contributed by atoms with E-state index in [4.69, 9.17) is 10.1 Å². The zero-order chi connectivity index (χ0) is 22.4. The molecule has 0 amide bonds. The molecule has 1 aliphatic heterocycles. The molecule has 1 aromatic carbocycles. The molecule has 5 nitrogen and oxygen atoms in total. The first-order valence-electron chi connectivity index (χ1n) is 11.0. The molecule has 8 heteroatoms. The largest absolute Gasteiger partial charge is 0.481 e. The third-order valence-electron chi connectivity index (χ3n) is 6.29. The molecule has 1 aromatic heterocycles. The molecule has 2 aromatic rings. The van der Waals surface area contributed by atoms with Crippen LogP contribution in [0.25, 0.3) is 11.0 Å². The van der Waals surface area contributed by atoms with E-state index in [1.54, 1.807) is 11.9 Å². The number of halogens is 2. The zero-order valence-electron chi connectivity index (χ0n) is 18.4. The topological polar surface area (TPSA) is 58.4 Å². The van der Waals surface area contributed by atoms with E-state index in [1.807, 2.05) is 0 Å². The Balaban J connectivity index is 1.51. The van der Waals surface area contributed by atoms with Gasteiger partial charge in [-0.05, 0) is 54.8 Å². The number of benzene rings is 1. The van der Waals surface area contributed by atoms with Crippen LogP contribution in [0.5, 0.6) is 0 Å². The molecular weight excluding hydrogens is 420 g/mol. The van der Waals surface area contributed by atoms with E-state index in [-0.39, 0.29) is 36.5 Å². The molecule has 1 N–H and O–H groups in total. The Hall–Kier alpha value is -1.67. The SMILES string of the molecule is CC(C)(C)c1nc2cc(SN3CC(CC(=O)O)C3)ccc2n1CC1CCC(F)(F)CC1. The Kier molecular flexibility index (Phi) is 6.07. The summed E-state index contributed by atoms with van der Waals surface area (Å²) in [6, 6.07) is 6.26. The number of carbonyl (C=O) groups is 1. The molecule has 31 heavy (non-hydrogen) atoms. The summed E-state index contributed by atoms with van der Waals surface area (Å²) in [5.41, 5.74) is 1.84. The van der Waals surface area contributed by atoms with Crippen LogP contribution in [0, 0.1) is 11.8 Å². The lowest BCUT2D eigenvalue weighted by molar-refractivity contribution is -0.138. The third kappa shape index (κ3) is 5.22. The molecule has 4 rings (SSSR count). The second kappa shape index (κ2) is 8.35. The van der Waals surface area contributed by atoms with Gasteiger partial charge in [-0.2, -0.15) is 0 Å². The molecular formula is C23H31F2N3O2S. The van der Waals surface area contributed by atoms with Crippen LogP contribution in [-0.4, -0.2) is 43.9 Å². The molecule has 0 radical (unpaired) electrons. The summed E-state index contributed by atoms with van der Waals surface area (Å²) in [6.45, 7) is 8.70. The van der Waals surface area contributed by atoms with Crippen molar-refractivity contribution in [3.05, 3.63) is 24.0 Å². The van der Waals surface area contributed by atoms with E-state index in [0.717, 1.165) is 41.4 Å². The molecule has 0 unspecified atom stereocenters. The van der Waals surface area contributed by atoms with Crippen molar-refractivity contribution in [1.82, 2.24) is 13.9 Å². The molecule has 0 bridgehead atoms. The number of imidazole rings is 1. The number of fused-ring (bicyclic) bond motifs is 1. The minimum atomic E-state index is -2.51. The maximum Gasteiger partial charge on any atom is 0.303 e. The van der Waals surface area contributed by atoms with Gasteiger partial charge in [0.05, 0.1) is 17.5 Å². The first kappa shape index (κ1) is 22.5. The van der Waals surface area contributed by atoms with E-state index < -0.39 is 11.9 Å². The second-order valence-corrected chi connectivity index (χ2v) is 11.3. The van der Waals surface area contributed by atoms with Crippen molar-refractivity contribution in [2.24, 2.45) is 11.8 Å². The van der Waals surface area contributed by atoms with E-state index in [1.165, 1.54) is 0 Å². The van der Waals surface area contributed by atoms with Crippen LogP contribution >= 0.6 is 11.9 Å². The van der Waals surface area contributed by atoms with Crippen LogP contribution in [0.2, 0.25) is 0 Å². The standard InChI is InChI=1S/C23H31F2N3O2S/c1-22(2,3)21-26-18-11-17(31-27-12-16(13-27)10-20(29)30)4-5-19(18)28(21)14-15-6-8-23(24,25)9-7-15/h4-5,11,15-16H,6-10,12-14H2,1-3H3,(H,29,30). The molecule has 170 valence electrons. The summed E-state index contributed by atoms with van der Waals surface area (Å²) in [4.78, 5) is 16.9. The van der Waals surface area contributed by atoms with E-state index >= 15 is 0 Å². The monoisotopic (exact) mass is 451 g/mol. The van der Waals surface area contributed by atoms with Gasteiger partial charge in [-0.1, -0.05) is 20.8 Å². The van der Waals surface area contributed by atoms with Crippen molar-refractivity contribution in [1.29, 1.82) is 0 Å². The number of aromatic nitrogens is 2. The van der Waals surface area contributed by atoms with Gasteiger partial charge in [-0.15, -0.1) is 0 Å². The van der Waals surface area contributed by atoms with Gasteiger partial charge in [0.15, 0.2) is 0 Å². The molecule has 0 atom stereocenters. The van der Waals surface area contributed by atoms with Crippen LogP contribution in [0.15, 0.2) is 23.1 Å². The number of hydrogen-bond acceptors (Lipinski definition) is 4. The predicted molar refractivity (Wildman–Crippen MR) is 119 cm³/mol. The summed E-state index contributed by atoms with van der Waals surface area (Å²) in [5.74, 6) is -1.78. The van der Waals surface area contributed by atoms with Crippen molar-refractivity contribution >= 4 is 29.0 Å². The molecule has 1 saturated carbocycles. The molecule has 1 aliphatic carbocycles. The Labute approximate surface area is 186 Å². The van der Waals surface area contributed by atoms with Gasteiger partial charge in [-0.25, -0.2) is 18.1 Å². The highest BCUT2D eigenvalue weighted by Crippen LogP contribution is 2.39. The number of rotatable bonds is 6. The summed E-state index contributed by atoms with van der Waals surface area (Å²) in [5, 5.41) is 8.91. The smallest absolute Gasteiger partial charge is 0.303 e. The number of carboxylic acids is 1. The normalized spacial score (nSPS) is 20.8. The van der Waals surface area contributed by atoms with Gasteiger partial charge in [0, 0.05) is 42.8 Å². The molecule has 0 spiro atoms. The average molecular weight is 452 g/mol. The van der Waals surface area contributed by atoms with Crippen molar-refractivity contribution in [3.8, 4) is 0 Å². The van der Waals surface area contributed by atoms with Crippen LogP contribution < -0.4 is 0 Å². The van der Waals surface area contributed by atoms with Gasteiger partial charge in [0.25, 0.3) is 0 Å². The van der Waals surface area contributed by atoms with Crippen LogP contribution in [-0.2, 0) is 16.8 Å². The molecule has 2 heterocycles. The van der Waals surface area contributed by atoms with Crippen LogP contribution in [0.1, 0.15) is 58.7 Å². The van der Waals surface area contributed by atoms with Crippen LogP contribution in [0.3, 0.4) is 0 Å². The molecule has 2 fully saturated rings. The number of alkyl halides is 2. The lowest BCUT2D eigenvalue weighted by Gasteiger charge is -2.37. The van der Waals surface area contributed by atoms with Crippen LogP contribution in [0.4, 0.5) is 8.78 Å².